The van der Waals surface area contributed by atoms with Crippen LogP contribution in [0.1, 0.15) is 39.2 Å². The maximum Gasteiger partial charge on any atom is 0.326 e. The molecule has 12 N–H and O–H groups in total. The predicted molar refractivity (Wildman–Crippen MR) is 147 cm³/mol. The third kappa shape index (κ3) is 11.3. The summed E-state index contributed by atoms with van der Waals surface area (Å²) in [6.45, 7) is 3.79. The van der Waals surface area contributed by atoms with Crippen molar-refractivity contribution >= 4 is 35.5 Å². The number of phenols is 1. The van der Waals surface area contributed by atoms with Crippen LogP contribution in [0.25, 0.3) is 0 Å². The fourth-order valence-electron chi connectivity index (χ4n) is 3.71. The minimum absolute atomic E-state index is 0.0406. The van der Waals surface area contributed by atoms with Crippen molar-refractivity contribution in [1.82, 2.24) is 21.3 Å². The lowest BCUT2D eigenvalue weighted by atomic mass is 9.96. The Kier molecular flexibility index (Phi) is 14.3. The van der Waals surface area contributed by atoms with Gasteiger partial charge in [0.2, 0.25) is 29.5 Å². The van der Waals surface area contributed by atoms with Crippen molar-refractivity contribution < 1.29 is 49.2 Å². The lowest BCUT2D eigenvalue weighted by molar-refractivity contribution is -0.144. The number of carbonyl (C=O) groups is 6. The number of phenolic OH excluding ortho intramolecular Hbond substituents is 1. The van der Waals surface area contributed by atoms with Gasteiger partial charge in [-0.15, -0.1) is 0 Å². The van der Waals surface area contributed by atoms with Crippen LogP contribution in [0, 0.1) is 5.92 Å². The van der Waals surface area contributed by atoms with Crippen LogP contribution in [0.2, 0.25) is 0 Å². The zero-order valence-corrected chi connectivity index (χ0v) is 23.6. The van der Waals surface area contributed by atoms with Crippen molar-refractivity contribution in [3.05, 3.63) is 29.8 Å². The number of benzene rings is 1. The van der Waals surface area contributed by atoms with Gasteiger partial charge < -0.3 is 53.2 Å². The number of nitrogens with one attached hydrogen (secondary N) is 4. The van der Waals surface area contributed by atoms with Gasteiger partial charge in [0.05, 0.1) is 19.1 Å². The van der Waals surface area contributed by atoms with E-state index < -0.39 is 90.8 Å². The fraction of sp³-hybridized carbons (Fsp3) is 0.538. The summed E-state index contributed by atoms with van der Waals surface area (Å²) in [5.41, 5.74) is 11.1. The average Bonchev–Trinajstić information content (AvgIpc) is 2.93. The fourth-order valence-corrected chi connectivity index (χ4v) is 3.71. The van der Waals surface area contributed by atoms with Crippen molar-refractivity contribution in [2.24, 2.45) is 17.4 Å². The van der Waals surface area contributed by atoms with Gasteiger partial charge in [0.1, 0.15) is 36.0 Å². The van der Waals surface area contributed by atoms with Gasteiger partial charge >= 0.3 is 5.97 Å². The number of hydrogen-bond acceptors (Lipinski definition) is 10. The Morgan fingerprint density at radius 2 is 1.36 bits per heavy atom. The third-order valence-electron chi connectivity index (χ3n) is 6.42. The normalized spacial score (nSPS) is 16.0. The summed E-state index contributed by atoms with van der Waals surface area (Å²) in [5.74, 6) is -6.80. The summed E-state index contributed by atoms with van der Waals surface area (Å²) < 4.78 is 0. The molecule has 0 saturated heterocycles. The monoisotopic (exact) mass is 596 g/mol. The second-order valence-corrected chi connectivity index (χ2v) is 9.89. The molecule has 0 fully saturated rings. The third-order valence-corrected chi connectivity index (χ3v) is 6.42. The molecule has 1 aromatic rings. The number of carboxylic acid groups (broad SMARTS) is 1. The molecular weight excluding hydrogens is 556 g/mol. The molecule has 0 spiro atoms. The van der Waals surface area contributed by atoms with E-state index in [9.17, 15) is 49.2 Å². The second-order valence-electron chi connectivity index (χ2n) is 9.89. The van der Waals surface area contributed by atoms with E-state index in [4.69, 9.17) is 11.5 Å². The Bertz CT molecular complexity index is 1110. The highest BCUT2D eigenvalue weighted by atomic mass is 16.4. The Hall–Kier alpha value is -4.28. The highest BCUT2D eigenvalue weighted by Crippen LogP contribution is 2.13. The smallest absolute Gasteiger partial charge is 0.326 e. The van der Waals surface area contributed by atoms with Crippen LogP contribution < -0.4 is 32.7 Å². The topological polar surface area (TPSA) is 284 Å². The lowest BCUT2D eigenvalue weighted by Gasteiger charge is -2.29. The number of primary amides is 1. The maximum atomic E-state index is 13.3. The summed E-state index contributed by atoms with van der Waals surface area (Å²) in [4.78, 5) is 74.5. The van der Waals surface area contributed by atoms with Gasteiger partial charge in [0.15, 0.2) is 0 Å². The number of carboxylic acids is 1. The van der Waals surface area contributed by atoms with Gasteiger partial charge in [-0.2, -0.15) is 0 Å². The number of aliphatic carboxylic acids is 1. The molecule has 234 valence electrons. The molecule has 0 unspecified atom stereocenters. The van der Waals surface area contributed by atoms with Crippen molar-refractivity contribution in [2.45, 2.75) is 76.3 Å². The van der Waals surface area contributed by atoms with Crippen LogP contribution >= 0.6 is 0 Å². The number of amides is 5. The van der Waals surface area contributed by atoms with E-state index >= 15 is 0 Å². The van der Waals surface area contributed by atoms with Gasteiger partial charge in [-0.3, -0.25) is 24.0 Å². The van der Waals surface area contributed by atoms with Crippen molar-refractivity contribution in [1.29, 1.82) is 0 Å². The van der Waals surface area contributed by atoms with Gasteiger partial charge in [-0.1, -0.05) is 32.4 Å². The minimum atomic E-state index is -1.65. The number of hydrogen-bond donors (Lipinski definition) is 10. The lowest BCUT2D eigenvalue weighted by Crippen LogP contribution is -2.62. The highest BCUT2D eigenvalue weighted by molar-refractivity contribution is 5.96. The van der Waals surface area contributed by atoms with Gasteiger partial charge in [0.25, 0.3) is 0 Å². The first-order valence-electron chi connectivity index (χ1n) is 13.2. The number of aliphatic hydroxyl groups excluding tert-OH is 2. The quantitative estimate of drug-likeness (QED) is 0.0845. The average molecular weight is 597 g/mol. The van der Waals surface area contributed by atoms with Crippen molar-refractivity contribution in [3.8, 4) is 5.75 Å². The predicted octanol–water partition coefficient (Wildman–Crippen LogP) is -3.42. The molecule has 0 aliphatic heterocycles. The summed E-state index contributed by atoms with van der Waals surface area (Å²) in [6, 6.07) is -1.61. The molecule has 7 atom stereocenters. The largest absolute Gasteiger partial charge is 0.508 e. The maximum absolute atomic E-state index is 13.3. The molecule has 0 aliphatic rings. The first-order chi connectivity index (χ1) is 19.6. The van der Waals surface area contributed by atoms with Crippen LogP contribution in [0.4, 0.5) is 0 Å². The number of aliphatic hydroxyl groups is 2. The van der Waals surface area contributed by atoms with Crippen LogP contribution in [-0.4, -0.2) is 98.9 Å². The van der Waals surface area contributed by atoms with E-state index in [1.807, 2.05) is 0 Å². The molecule has 0 heterocycles. The van der Waals surface area contributed by atoms with E-state index in [1.54, 1.807) is 13.8 Å². The summed E-state index contributed by atoms with van der Waals surface area (Å²) in [6.07, 6.45) is -1.97. The number of nitrogens with two attached hydrogens (primary N) is 2. The van der Waals surface area contributed by atoms with E-state index in [-0.39, 0.29) is 12.2 Å². The summed E-state index contributed by atoms with van der Waals surface area (Å²) >= 11 is 0. The van der Waals surface area contributed by atoms with Crippen LogP contribution in [0.3, 0.4) is 0 Å². The molecule has 0 saturated carbocycles. The van der Waals surface area contributed by atoms with E-state index in [1.165, 1.54) is 31.2 Å². The molecule has 1 aromatic carbocycles. The molecule has 5 amide bonds. The number of aromatic hydroxyl groups is 1. The minimum Gasteiger partial charge on any atom is -0.508 e. The zero-order valence-electron chi connectivity index (χ0n) is 23.6. The summed E-state index contributed by atoms with van der Waals surface area (Å²) in [7, 11) is 0. The SMILES string of the molecule is CC[C@H](C)[C@H](NC(=O)[C@@H](NC(=O)[C@H](Cc1ccc(O)cc1)NC(=O)[C@@H](N)CO)[C@@H](C)O)C(=O)N[C@@H](CC(N)=O)C(=O)O. The Balaban J connectivity index is 3.20. The van der Waals surface area contributed by atoms with Crippen LogP contribution in [0.5, 0.6) is 5.75 Å². The molecule has 16 nitrogen and oxygen atoms in total. The first-order valence-corrected chi connectivity index (χ1v) is 13.2. The Morgan fingerprint density at radius 3 is 1.83 bits per heavy atom. The highest BCUT2D eigenvalue weighted by Gasteiger charge is 2.35. The Labute approximate surface area is 242 Å². The van der Waals surface area contributed by atoms with Crippen molar-refractivity contribution in [3.63, 3.8) is 0 Å². The van der Waals surface area contributed by atoms with E-state index in [0.29, 0.717) is 12.0 Å². The van der Waals surface area contributed by atoms with E-state index in [2.05, 4.69) is 21.3 Å². The van der Waals surface area contributed by atoms with Gasteiger partial charge in [-0.25, -0.2) is 4.79 Å². The molecule has 1 rings (SSSR count). The first kappa shape index (κ1) is 35.7. The molecule has 0 aliphatic carbocycles. The van der Waals surface area contributed by atoms with E-state index in [0.717, 1.165) is 0 Å². The standard InChI is InChI=1S/C26H40N6O10/c1-4-12(2)20(24(39)30-18(26(41)42)10-19(28)36)31-25(40)21(13(3)34)32-23(38)17(29-22(37)16(27)11-33)9-14-5-7-15(35)8-6-14/h5-8,12-13,16-18,20-21,33-35H,4,9-11,27H2,1-3H3,(H2,28,36)(H,29,37)(H,30,39)(H,31,40)(H,32,38)(H,41,42)/t12-,13+,16-,17-,18-,20-,21-/m0/s1. The van der Waals surface area contributed by atoms with Crippen molar-refractivity contribution in [2.75, 3.05) is 6.61 Å². The van der Waals surface area contributed by atoms with Gasteiger partial charge in [-0.05, 0) is 30.5 Å². The molecule has 0 aromatic heterocycles. The molecule has 42 heavy (non-hydrogen) atoms. The second kappa shape index (κ2) is 16.9. The number of rotatable bonds is 17. The summed E-state index contributed by atoms with van der Waals surface area (Å²) in [5, 5.41) is 47.7. The molecular formula is C26H40N6O10. The zero-order chi connectivity index (χ0) is 32.1. The molecule has 16 heteroatoms. The Morgan fingerprint density at radius 1 is 0.833 bits per heavy atom. The molecule has 0 bridgehead atoms. The van der Waals surface area contributed by atoms with Crippen LogP contribution in [-0.2, 0) is 35.2 Å². The van der Waals surface area contributed by atoms with Gasteiger partial charge in [0, 0.05) is 6.42 Å². The number of carbonyl (C=O) groups excluding carboxylic acids is 5. The van der Waals surface area contributed by atoms with Crippen LogP contribution in [0.15, 0.2) is 24.3 Å². The molecule has 0 radical (unpaired) electrons.